The maximum absolute atomic E-state index is 11.2. The van der Waals surface area contributed by atoms with E-state index in [-0.39, 0.29) is 5.97 Å². The van der Waals surface area contributed by atoms with Crippen molar-refractivity contribution in [3.05, 3.63) is 23.3 Å². The number of rotatable bonds is 21. The van der Waals surface area contributed by atoms with Gasteiger partial charge in [-0.1, -0.05) is 141 Å². The molecule has 4 heteroatoms. The highest BCUT2D eigenvalue weighted by atomic mass is 16.5. The fourth-order valence-electron chi connectivity index (χ4n) is 6.48. The Kier molecular flexibility index (Phi) is 21.9. The van der Waals surface area contributed by atoms with Crippen LogP contribution in [0.2, 0.25) is 0 Å². The molecule has 0 aliphatic heterocycles. The summed E-state index contributed by atoms with van der Waals surface area (Å²) in [4.78, 5) is 22.4. The minimum Gasteiger partial charge on any atom is -0.478 e. The second-order valence-electron chi connectivity index (χ2n) is 12.6. The van der Waals surface area contributed by atoms with Crippen molar-refractivity contribution in [2.75, 3.05) is 6.61 Å². The van der Waals surface area contributed by atoms with E-state index in [0.29, 0.717) is 29.6 Å². The SMILES string of the molecule is C=C(C)C(=O)OCCCCCCCCCCCCCCCCCC.CC(C(=O)O)=C(C1CCCC1)C1CCCC1. The number of carboxylic acids is 1. The molecule has 0 aromatic heterocycles. The number of aliphatic carboxylic acids is 1. The molecule has 0 aromatic carbocycles. The molecule has 2 saturated carbocycles. The van der Waals surface area contributed by atoms with Gasteiger partial charge in [-0.3, -0.25) is 0 Å². The molecule has 0 atom stereocenters. The quantitative estimate of drug-likeness (QED) is 0.0861. The molecule has 2 aliphatic carbocycles. The molecule has 4 nitrogen and oxygen atoms in total. The van der Waals surface area contributed by atoms with Gasteiger partial charge in [0.1, 0.15) is 0 Å². The molecule has 232 valence electrons. The first-order chi connectivity index (χ1) is 19.4. The van der Waals surface area contributed by atoms with Crippen molar-refractivity contribution in [1.29, 1.82) is 0 Å². The summed E-state index contributed by atoms with van der Waals surface area (Å²) in [7, 11) is 0. The molecule has 2 aliphatic rings. The van der Waals surface area contributed by atoms with E-state index in [1.165, 1.54) is 153 Å². The van der Waals surface area contributed by atoms with Crippen LogP contribution < -0.4 is 0 Å². The molecule has 0 spiro atoms. The Labute approximate surface area is 247 Å². The second kappa shape index (κ2) is 24.1. The van der Waals surface area contributed by atoms with Crippen LogP contribution in [0.3, 0.4) is 0 Å². The van der Waals surface area contributed by atoms with Gasteiger partial charge in [-0.2, -0.15) is 0 Å². The summed E-state index contributed by atoms with van der Waals surface area (Å²) in [5.74, 6) is 0.211. The number of carbonyl (C=O) groups excluding carboxylic acids is 1. The predicted molar refractivity (Wildman–Crippen MR) is 170 cm³/mol. The Morgan fingerprint density at radius 1 is 0.650 bits per heavy atom. The third-order valence-corrected chi connectivity index (χ3v) is 8.92. The number of hydrogen-bond acceptors (Lipinski definition) is 3. The average molecular weight is 561 g/mol. The van der Waals surface area contributed by atoms with E-state index in [1.807, 2.05) is 6.92 Å². The van der Waals surface area contributed by atoms with Crippen molar-refractivity contribution in [3.63, 3.8) is 0 Å². The van der Waals surface area contributed by atoms with Gasteiger partial charge in [0.25, 0.3) is 0 Å². The Balaban J connectivity index is 0.000000429. The number of esters is 1. The molecule has 0 unspecified atom stereocenters. The average Bonchev–Trinajstić information content (AvgIpc) is 3.66. The number of hydrogen-bond donors (Lipinski definition) is 1. The molecule has 0 heterocycles. The Morgan fingerprint density at radius 3 is 1.32 bits per heavy atom. The minimum absolute atomic E-state index is 0.254. The predicted octanol–water partition coefficient (Wildman–Crippen LogP) is 11.1. The summed E-state index contributed by atoms with van der Waals surface area (Å²) in [5, 5.41) is 9.22. The van der Waals surface area contributed by atoms with Crippen LogP contribution in [-0.4, -0.2) is 23.7 Å². The van der Waals surface area contributed by atoms with Crippen LogP contribution in [0.4, 0.5) is 0 Å². The van der Waals surface area contributed by atoms with E-state index < -0.39 is 5.97 Å². The third-order valence-electron chi connectivity index (χ3n) is 8.92. The summed E-state index contributed by atoms with van der Waals surface area (Å²) in [5.41, 5.74) is 2.45. The number of carboxylic acid groups (broad SMARTS) is 1. The maximum atomic E-state index is 11.2. The van der Waals surface area contributed by atoms with E-state index in [4.69, 9.17) is 4.74 Å². The molecule has 0 bridgehead atoms. The van der Waals surface area contributed by atoms with Crippen molar-refractivity contribution in [2.24, 2.45) is 11.8 Å². The van der Waals surface area contributed by atoms with Crippen LogP contribution in [0.5, 0.6) is 0 Å². The third kappa shape index (κ3) is 17.3. The van der Waals surface area contributed by atoms with Gasteiger partial charge in [0.15, 0.2) is 0 Å². The van der Waals surface area contributed by atoms with Gasteiger partial charge in [-0.05, 0) is 57.8 Å². The number of allylic oxidation sites excluding steroid dienone is 1. The second-order valence-corrected chi connectivity index (χ2v) is 12.6. The molecule has 2 rings (SSSR count). The fourth-order valence-corrected chi connectivity index (χ4v) is 6.48. The van der Waals surface area contributed by atoms with Crippen LogP contribution in [0, 0.1) is 11.8 Å². The molecule has 2 fully saturated rings. The van der Waals surface area contributed by atoms with Gasteiger partial charge in [-0.25, -0.2) is 9.59 Å². The van der Waals surface area contributed by atoms with Crippen molar-refractivity contribution >= 4 is 11.9 Å². The Bertz CT molecular complexity index is 692. The van der Waals surface area contributed by atoms with Crippen LogP contribution >= 0.6 is 0 Å². The first kappa shape index (κ1) is 36.4. The van der Waals surface area contributed by atoms with Gasteiger partial charge in [-0.15, -0.1) is 0 Å². The fraction of sp³-hybridized carbons (Fsp3) is 0.833. The molecule has 0 aromatic rings. The summed E-state index contributed by atoms with van der Waals surface area (Å²) < 4.78 is 5.08. The van der Waals surface area contributed by atoms with E-state index in [0.717, 1.165) is 6.42 Å². The van der Waals surface area contributed by atoms with Crippen molar-refractivity contribution in [1.82, 2.24) is 0 Å². The molecular formula is C36H64O4. The van der Waals surface area contributed by atoms with Gasteiger partial charge in [0.2, 0.25) is 0 Å². The molecule has 40 heavy (non-hydrogen) atoms. The highest BCUT2D eigenvalue weighted by molar-refractivity contribution is 5.87. The minimum atomic E-state index is -0.700. The molecular weight excluding hydrogens is 496 g/mol. The largest absolute Gasteiger partial charge is 0.478 e. The van der Waals surface area contributed by atoms with Gasteiger partial charge in [0.05, 0.1) is 6.61 Å². The zero-order chi connectivity index (χ0) is 29.4. The maximum Gasteiger partial charge on any atom is 0.333 e. The Morgan fingerprint density at radius 2 is 1.00 bits per heavy atom. The smallest absolute Gasteiger partial charge is 0.333 e. The highest BCUT2D eigenvalue weighted by Gasteiger charge is 2.30. The zero-order valence-corrected chi connectivity index (χ0v) is 26.7. The number of ether oxygens (including phenoxy) is 1. The lowest BCUT2D eigenvalue weighted by molar-refractivity contribution is -0.139. The van der Waals surface area contributed by atoms with E-state index in [2.05, 4.69) is 13.5 Å². The molecule has 0 saturated heterocycles. The highest BCUT2D eigenvalue weighted by Crippen LogP contribution is 2.42. The summed E-state index contributed by atoms with van der Waals surface area (Å²) in [6.45, 7) is 9.91. The van der Waals surface area contributed by atoms with Gasteiger partial charge in [0, 0.05) is 11.1 Å². The van der Waals surface area contributed by atoms with Crippen molar-refractivity contribution in [2.45, 2.75) is 175 Å². The molecule has 0 radical (unpaired) electrons. The molecule has 1 N–H and O–H groups in total. The van der Waals surface area contributed by atoms with Crippen LogP contribution in [0.25, 0.3) is 0 Å². The first-order valence-electron chi connectivity index (χ1n) is 17.1. The van der Waals surface area contributed by atoms with E-state index in [9.17, 15) is 14.7 Å². The Hall–Kier alpha value is -1.58. The standard InChI is InChI=1S/C22H42O2.C14H22O2/c1-4-5-6-7-8-9-10-11-12-13-14-15-16-17-18-19-20-24-22(23)21(2)3;1-10(14(15)16)13(11-6-2-3-7-11)12-8-4-5-9-12/h2,4-20H2,1,3H3;11-12H,2-9H2,1H3,(H,15,16). The van der Waals surface area contributed by atoms with E-state index >= 15 is 0 Å². The van der Waals surface area contributed by atoms with Crippen molar-refractivity contribution in [3.8, 4) is 0 Å². The number of carbonyl (C=O) groups is 2. The summed E-state index contributed by atoms with van der Waals surface area (Å²) in [6.07, 6.45) is 31.8. The van der Waals surface area contributed by atoms with Crippen molar-refractivity contribution < 1.29 is 19.4 Å². The lowest BCUT2D eigenvalue weighted by atomic mass is 9.82. The van der Waals surface area contributed by atoms with Crippen LogP contribution in [-0.2, 0) is 14.3 Å². The summed E-state index contributed by atoms with van der Waals surface area (Å²) >= 11 is 0. The molecule has 0 amide bonds. The number of unbranched alkanes of at least 4 members (excludes halogenated alkanes) is 15. The van der Waals surface area contributed by atoms with Gasteiger partial charge >= 0.3 is 11.9 Å². The lowest BCUT2D eigenvalue weighted by Crippen LogP contribution is -2.14. The van der Waals surface area contributed by atoms with Crippen LogP contribution in [0.15, 0.2) is 23.3 Å². The van der Waals surface area contributed by atoms with E-state index in [1.54, 1.807) is 6.92 Å². The first-order valence-corrected chi connectivity index (χ1v) is 17.1. The zero-order valence-electron chi connectivity index (χ0n) is 26.7. The monoisotopic (exact) mass is 560 g/mol. The van der Waals surface area contributed by atoms with Gasteiger partial charge < -0.3 is 9.84 Å². The summed E-state index contributed by atoms with van der Waals surface area (Å²) in [6, 6.07) is 0. The lowest BCUT2D eigenvalue weighted by Gasteiger charge is -2.22. The van der Waals surface area contributed by atoms with Crippen LogP contribution in [0.1, 0.15) is 175 Å². The topological polar surface area (TPSA) is 63.6 Å². The normalized spacial score (nSPS) is 15.5.